The van der Waals surface area contributed by atoms with E-state index in [4.69, 9.17) is 28.4 Å². The monoisotopic (exact) mass is 1610 g/mol. The number of fused-ring (bicyclic) bond motifs is 3. The number of aromatic nitrogens is 6. The number of hydrogen-bond donors (Lipinski definition) is 3. The smallest absolute Gasteiger partial charge is 0.328 e. The summed E-state index contributed by atoms with van der Waals surface area (Å²) in [6.45, 7) is 7.69. The number of methoxy groups -OCH3 is 3. The Balaban J connectivity index is 0.000000149. The first kappa shape index (κ1) is 81.4. The van der Waals surface area contributed by atoms with Gasteiger partial charge in [-0.25, -0.2) is 44.3 Å². The number of thioether (sulfide) groups is 3. The molecule has 0 radical (unpaired) electrons. The lowest BCUT2D eigenvalue weighted by atomic mass is 10.0. The predicted molar refractivity (Wildman–Crippen MR) is 418 cm³/mol. The largest absolute Gasteiger partial charge is 0.380 e. The van der Waals surface area contributed by atoms with E-state index in [1.165, 1.54) is 54.6 Å². The van der Waals surface area contributed by atoms with Crippen LogP contribution < -0.4 is 30.7 Å². The molecule has 6 saturated heterocycles. The quantitative estimate of drug-likeness (QED) is 0.0570. The molecule has 6 aromatic heterocycles. The number of anilines is 6. The highest BCUT2D eigenvalue weighted by atomic mass is 32.2. The molecule has 0 aromatic carbocycles. The maximum atomic E-state index is 13.3. The van der Waals surface area contributed by atoms with Crippen molar-refractivity contribution in [2.24, 2.45) is 0 Å². The Kier molecular flexibility index (Phi) is 27.2. The molecule has 114 heavy (non-hydrogen) atoms. The third-order valence-electron chi connectivity index (χ3n) is 20.8. The van der Waals surface area contributed by atoms with E-state index in [1.807, 2.05) is 18.2 Å². The molecule has 9 amide bonds. The Bertz CT molecular complexity index is 4340. The van der Waals surface area contributed by atoms with Gasteiger partial charge in [-0.15, -0.1) is 35.3 Å². The van der Waals surface area contributed by atoms with E-state index >= 15 is 0 Å². The first-order chi connectivity index (χ1) is 55.5. The van der Waals surface area contributed by atoms with Gasteiger partial charge in [-0.3, -0.25) is 59.4 Å². The summed E-state index contributed by atoms with van der Waals surface area (Å²) in [6, 6.07) is 16.0. The van der Waals surface area contributed by atoms with Gasteiger partial charge >= 0.3 is 18.1 Å². The summed E-state index contributed by atoms with van der Waals surface area (Å²) in [5, 5.41) is 37.7. The van der Waals surface area contributed by atoms with Gasteiger partial charge in [-0.1, -0.05) is 0 Å². The van der Waals surface area contributed by atoms with Gasteiger partial charge < -0.3 is 43.1 Å². The van der Waals surface area contributed by atoms with Gasteiger partial charge in [0, 0.05) is 185 Å². The zero-order valence-corrected chi connectivity index (χ0v) is 65.5. The van der Waals surface area contributed by atoms with Crippen LogP contribution in [0.1, 0.15) is 139 Å². The Morgan fingerprint density at radius 1 is 0.456 bits per heavy atom. The molecule has 6 aromatic rings. The van der Waals surface area contributed by atoms with E-state index in [-0.39, 0.29) is 70.2 Å². The Hall–Kier alpha value is -10.6. The summed E-state index contributed by atoms with van der Waals surface area (Å²) in [5.41, 5.74) is 6.41. The molecule has 9 aliphatic rings. The molecule has 0 bridgehead atoms. The number of amides is 9. The van der Waals surface area contributed by atoms with Gasteiger partial charge in [-0.2, -0.15) is 15.8 Å². The van der Waals surface area contributed by atoms with Crippen molar-refractivity contribution >= 4 is 125 Å². The van der Waals surface area contributed by atoms with Crippen LogP contribution in [-0.4, -0.2) is 234 Å². The van der Waals surface area contributed by atoms with Crippen LogP contribution in [0.25, 0.3) is 0 Å². The second-order valence-corrected chi connectivity index (χ2v) is 32.1. The first-order valence-corrected chi connectivity index (χ1v) is 40.2. The minimum Gasteiger partial charge on any atom is -0.380 e. The summed E-state index contributed by atoms with van der Waals surface area (Å²) in [5.74, 6) is 1.96. The van der Waals surface area contributed by atoms with Gasteiger partial charge in [-0.05, 0) is 111 Å². The third kappa shape index (κ3) is 18.9. The predicted octanol–water partition coefficient (Wildman–Crippen LogP) is 8.32. The summed E-state index contributed by atoms with van der Waals surface area (Å²) < 4.78 is 32.0. The minimum absolute atomic E-state index is 0.101. The Labute approximate surface area is 669 Å². The number of carbonyl (C=O) groups is 9. The number of ether oxygens (including phenoxy) is 6. The number of nitriles is 3. The second-order valence-electron chi connectivity index (χ2n) is 28.1. The lowest BCUT2D eigenvalue weighted by Crippen LogP contribution is -2.40. The van der Waals surface area contributed by atoms with Crippen molar-refractivity contribution in [1.82, 2.24) is 44.6 Å². The number of rotatable bonds is 21. The number of carbonyl (C=O) groups excluding carboxylic acids is 9. The lowest BCUT2D eigenvalue weighted by Gasteiger charge is -2.29. The maximum absolute atomic E-state index is 13.3. The molecule has 6 fully saturated rings. The molecule has 15 heterocycles. The zero-order chi connectivity index (χ0) is 79.9. The van der Waals surface area contributed by atoms with Crippen molar-refractivity contribution in [3.05, 3.63) is 122 Å². The number of likely N-dealkylation sites (tertiary alicyclic amines) is 3. The summed E-state index contributed by atoms with van der Waals surface area (Å²) in [6.07, 6.45) is 13.8. The molecule has 33 nitrogen and oxygen atoms in total. The van der Waals surface area contributed by atoms with Crippen LogP contribution in [0.15, 0.2) is 69.7 Å². The lowest BCUT2D eigenvalue weighted by molar-refractivity contribution is -0.137. The molecule has 0 aliphatic carbocycles. The second kappa shape index (κ2) is 38.0. The van der Waals surface area contributed by atoms with E-state index in [0.29, 0.717) is 205 Å². The van der Waals surface area contributed by atoms with Crippen LogP contribution in [0.3, 0.4) is 0 Å². The van der Waals surface area contributed by atoms with Crippen molar-refractivity contribution in [1.29, 1.82) is 15.8 Å². The molecule has 15 rings (SSSR count). The van der Waals surface area contributed by atoms with Crippen LogP contribution >= 0.6 is 35.3 Å². The average molecular weight is 1610 g/mol. The van der Waals surface area contributed by atoms with E-state index in [2.05, 4.69) is 64.1 Å². The number of hydrogen-bond acceptors (Lipinski definition) is 27. The number of nitrogens with one attached hydrogen (secondary N) is 3. The number of urea groups is 3. The summed E-state index contributed by atoms with van der Waals surface area (Å²) in [4.78, 5) is 151. The van der Waals surface area contributed by atoms with Crippen LogP contribution in [0.2, 0.25) is 0 Å². The fourth-order valence-electron chi connectivity index (χ4n) is 14.8. The Morgan fingerprint density at radius 2 is 0.746 bits per heavy atom. The zero-order valence-electron chi connectivity index (χ0n) is 63.0. The van der Waals surface area contributed by atoms with Crippen molar-refractivity contribution < 1.29 is 71.6 Å². The first-order valence-electron chi connectivity index (χ1n) is 37.6. The van der Waals surface area contributed by atoms with Crippen LogP contribution in [0.4, 0.5) is 49.3 Å². The summed E-state index contributed by atoms with van der Waals surface area (Å²) >= 11 is 4.65. The molecule has 0 saturated carbocycles. The summed E-state index contributed by atoms with van der Waals surface area (Å²) in [7, 11) is 4.54. The molecule has 2 unspecified atom stereocenters. The molecule has 9 aliphatic heterocycles. The van der Waals surface area contributed by atoms with Crippen LogP contribution in [-0.2, 0) is 81.7 Å². The Morgan fingerprint density at radius 3 is 0.982 bits per heavy atom. The fraction of sp³-hybridized carbons (Fsp3) is 0.462. The third-order valence-corrected chi connectivity index (χ3v) is 24.7. The molecular weight excluding hydrogens is 1530 g/mol. The topological polar surface area (TPSA) is 413 Å². The fourth-order valence-corrected chi connectivity index (χ4v) is 18.2. The molecule has 3 N–H and O–H groups in total. The number of pyridine rings is 6. The minimum atomic E-state index is -0.458. The maximum Gasteiger partial charge on any atom is 0.328 e. The SMILES string of the molecule is COC1CCN(Cc2cc3c(nc2C=O)N(C(=O)Nc2cc(SC4CCOC4)c(C#N)cn2)CCC3)C1=O.CO[C@@H]1CCN(Cc2cc3c(nc2C=O)N(C(=O)Nc2cc(S[C@@H]4CCOC4)c(C#N)cn2)CCC3)C1=O.CO[C@@H]1CCN(Cc2cc3c(nc2C=O)N(C(=O)Nc2cc(S[C@H]4CCOC4)c(C#N)cn2)CCC3)C1=O. The van der Waals surface area contributed by atoms with E-state index in [1.54, 1.807) is 68.2 Å². The van der Waals surface area contributed by atoms with Crippen LogP contribution in [0.5, 0.6) is 0 Å². The molecule has 0 spiro atoms. The van der Waals surface area contributed by atoms with Gasteiger partial charge in [0.15, 0.2) is 18.9 Å². The highest BCUT2D eigenvalue weighted by molar-refractivity contribution is 8.00. The van der Waals surface area contributed by atoms with Gasteiger partial charge in [0.05, 0.1) is 36.5 Å². The highest BCUT2D eigenvalue weighted by Gasteiger charge is 2.38. The number of aldehydes is 3. The number of nitrogens with zero attached hydrogens (tertiary/aromatic N) is 15. The van der Waals surface area contributed by atoms with Gasteiger partial charge in [0.2, 0.25) is 0 Å². The highest BCUT2D eigenvalue weighted by Crippen LogP contribution is 2.38. The van der Waals surface area contributed by atoms with Crippen molar-refractivity contribution in [3.8, 4) is 18.2 Å². The molecule has 594 valence electrons. The average Bonchev–Trinajstić information content (AvgIpc) is 0.982. The van der Waals surface area contributed by atoms with Crippen molar-refractivity contribution in [3.63, 3.8) is 0 Å². The van der Waals surface area contributed by atoms with Crippen LogP contribution in [0, 0.1) is 34.0 Å². The molecular formula is C78H84N18O15S3. The van der Waals surface area contributed by atoms with E-state index < -0.39 is 36.4 Å². The molecule has 6 atom stereocenters. The van der Waals surface area contributed by atoms with Gasteiger partial charge in [0.1, 0.15) is 88.5 Å². The number of aryl methyl sites for hydroxylation is 3. The van der Waals surface area contributed by atoms with Crippen molar-refractivity contribution in [2.75, 3.05) is 131 Å². The van der Waals surface area contributed by atoms with E-state index in [0.717, 1.165) is 69.9 Å². The standard InChI is InChI=1S/3C26H28N6O5S/c3*1-36-21-4-7-31(25(21)34)13-17-9-16-3-2-6-32(24(16)29-20(17)14-33)26(35)30-23-10-22(18(11-27)12-28-23)38-19-5-8-37-15-19/h3*9-10,12,14,19,21H,2-8,13,15H2,1H3,(H,28,30,35)/t19-,21+;19-,21-;/m01./s1. The molecule has 36 heteroatoms. The normalized spacial score (nSPS) is 20.8. The van der Waals surface area contributed by atoms with E-state index in [9.17, 15) is 58.9 Å². The van der Waals surface area contributed by atoms with Crippen molar-refractivity contribution in [2.45, 2.75) is 145 Å². The van der Waals surface area contributed by atoms with Gasteiger partial charge in [0.25, 0.3) is 17.7 Å².